The molecule has 1 heterocycles. The standard InChI is InChI=1S/C12H13FN2OS/c1-16-8-2-3-10(11(13)4-8)12(14)5-9-6-15-7-17-9/h2-4,6-7,12H,5,14H2,1H3. The molecule has 0 radical (unpaired) electrons. The van der Waals surface area contributed by atoms with Gasteiger partial charge in [-0.05, 0) is 6.07 Å². The van der Waals surface area contributed by atoms with Gasteiger partial charge in [0.25, 0.3) is 0 Å². The van der Waals surface area contributed by atoms with Gasteiger partial charge in [-0.1, -0.05) is 6.07 Å². The first-order chi connectivity index (χ1) is 8.20. The fourth-order valence-electron chi connectivity index (χ4n) is 1.61. The zero-order valence-electron chi connectivity index (χ0n) is 9.39. The first-order valence-corrected chi connectivity index (χ1v) is 6.05. The SMILES string of the molecule is COc1ccc(C(N)Cc2cncs2)c(F)c1. The number of nitrogens with two attached hydrogens (primary N) is 1. The molecule has 1 atom stereocenters. The van der Waals surface area contributed by atoms with Crippen molar-refractivity contribution in [1.29, 1.82) is 0 Å². The maximum Gasteiger partial charge on any atom is 0.131 e. The Kier molecular flexibility index (Phi) is 3.71. The van der Waals surface area contributed by atoms with Crippen LogP contribution in [0.3, 0.4) is 0 Å². The first kappa shape index (κ1) is 12.0. The van der Waals surface area contributed by atoms with E-state index in [2.05, 4.69) is 4.98 Å². The smallest absolute Gasteiger partial charge is 0.131 e. The van der Waals surface area contributed by atoms with E-state index < -0.39 is 0 Å². The number of thiazole rings is 1. The number of hydrogen-bond donors (Lipinski definition) is 1. The average Bonchev–Trinajstić information content (AvgIpc) is 2.81. The van der Waals surface area contributed by atoms with Crippen molar-refractivity contribution < 1.29 is 9.13 Å². The third-order valence-electron chi connectivity index (χ3n) is 2.51. The van der Waals surface area contributed by atoms with Gasteiger partial charge >= 0.3 is 0 Å². The lowest BCUT2D eigenvalue weighted by atomic mass is 10.0. The molecule has 90 valence electrons. The van der Waals surface area contributed by atoms with Crippen molar-refractivity contribution in [1.82, 2.24) is 4.98 Å². The van der Waals surface area contributed by atoms with Crippen LogP contribution in [0.4, 0.5) is 4.39 Å². The van der Waals surface area contributed by atoms with E-state index in [1.165, 1.54) is 24.5 Å². The molecule has 0 saturated heterocycles. The van der Waals surface area contributed by atoms with E-state index in [0.29, 0.717) is 17.7 Å². The van der Waals surface area contributed by atoms with E-state index in [0.717, 1.165) is 4.88 Å². The number of nitrogens with zero attached hydrogens (tertiary/aromatic N) is 1. The monoisotopic (exact) mass is 252 g/mol. The molecule has 2 rings (SSSR count). The van der Waals surface area contributed by atoms with Crippen molar-refractivity contribution in [3.05, 3.63) is 46.2 Å². The van der Waals surface area contributed by atoms with Crippen LogP contribution in [0, 0.1) is 5.82 Å². The zero-order valence-corrected chi connectivity index (χ0v) is 10.2. The molecule has 2 N–H and O–H groups in total. The Morgan fingerprint density at radius 3 is 2.94 bits per heavy atom. The lowest BCUT2D eigenvalue weighted by Crippen LogP contribution is -2.14. The fraction of sp³-hybridized carbons (Fsp3) is 0.250. The van der Waals surface area contributed by atoms with E-state index >= 15 is 0 Å². The van der Waals surface area contributed by atoms with Crippen LogP contribution in [0.1, 0.15) is 16.5 Å². The minimum atomic E-state index is -0.360. The van der Waals surface area contributed by atoms with Crippen LogP contribution in [0.25, 0.3) is 0 Å². The van der Waals surface area contributed by atoms with Crippen LogP contribution in [0.15, 0.2) is 29.9 Å². The molecule has 0 saturated carbocycles. The fourth-order valence-corrected chi connectivity index (χ4v) is 2.26. The molecular formula is C12H13FN2OS. The molecule has 1 aromatic heterocycles. The topological polar surface area (TPSA) is 48.1 Å². The molecular weight excluding hydrogens is 239 g/mol. The van der Waals surface area contributed by atoms with Gasteiger partial charge in [-0.2, -0.15) is 0 Å². The summed E-state index contributed by atoms with van der Waals surface area (Å²) in [4.78, 5) is 5.02. The summed E-state index contributed by atoms with van der Waals surface area (Å²) in [6.45, 7) is 0. The Morgan fingerprint density at radius 1 is 1.53 bits per heavy atom. The Hall–Kier alpha value is -1.46. The molecule has 0 aliphatic heterocycles. The lowest BCUT2D eigenvalue weighted by Gasteiger charge is -2.12. The molecule has 2 aromatic rings. The van der Waals surface area contributed by atoms with E-state index in [9.17, 15) is 4.39 Å². The molecule has 0 spiro atoms. The molecule has 5 heteroatoms. The molecule has 0 aliphatic carbocycles. The first-order valence-electron chi connectivity index (χ1n) is 5.17. The number of methoxy groups -OCH3 is 1. The van der Waals surface area contributed by atoms with E-state index in [4.69, 9.17) is 10.5 Å². The van der Waals surface area contributed by atoms with Crippen molar-refractivity contribution in [3.63, 3.8) is 0 Å². The van der Waals surface area contributed by atoms with Gasteiger partial charge in [-0.3, -0.25) is 4.98 Å². The van der Waals surface area contributed by atoms with Gasteiger partial charge in [0.05, 0.1) is 12.6 Å². The molecule has 0 fully saturated rings. The molecule has 1 unspecified atom stereocenters. The van der Waals surface area contributed by atoms with Crippen molar-refractivity contribution >= 4 is 11.3 Å². The lowest BCUT2D eigenvalue weighted by molar-refractivity contribution is 0.410. The largest absolute Gasteiger partial charge is 0.497 e. The van der Waals surface area contributed by atoms with Gasteiger partial charge < -0.3 is 10.5 Å². The second kappa shape index (κ2) is 5.25. The number of aromatic nitrogens is 1. The number of halogens is 1. The highest BCUT2D eigenvalue weighted by Gasteiger charge is 2.13. The summed E-state index contributed by atoms with van der Waals surface area (Å²) >= 11 is 1.52. The highest BCUT2D eigenvalue weighted by atomic mass is 32.1. The number of benzene rings is 1. The number of hydrogen-bond acceptors (Lipinski definition) is 4. The van der Waals surface area contributed by atoms with Crippen molar-refractivity contribution in [3.8, 4) is 5.75 Å². The van der Waals surface area contributed by atoms with E-state index in [1.807, 2.05) is 0 Å². The Balaban J connectivity index is 2.16. The van der Waals surface area contributed by atoms with Crippen LogP contribution in [-0.2, 0) is 6.42 Å². The van der Waals surface area contributed by atoms with Crippen molar-refractivity contribution in [2.45, 2.75) is 12.5 Å². The van der Waals surface area contributed by atoms with Crippen LogP contribution in [0.5, 0.6) is 5.75 Å². The van der Waals surface area contributed by atoms with Gasteiger partial charge in [0, 0.05) is 35.2 Å². The van der Waals surface area contributed by atoms with E-state index in [1.54, 1.807) is 23.8 Å². The maximum atomic E-state index is 13.7. The van der Waals surface area contributed by atoms with Gasteiger partial charge in [-0.15, -0.1) is 11.3 Å². The second-order valence-electron chi connectivity index (χ2n) is 3.67. The Labute approximate surface area is 103 Å². The molecule has 0 amide bonds. The zero-order chi connectivity index (χ0) is 12.3. The Morgan fingerprint density at radius 2 is 2.35 bits per heavy atom. The molecule has 1 aromatic carbocycles. The minimum Gasteiger partial charge on any atom is -0.497 e. The summed E-state index contributed by atoms with van der Waals surface area (Å²) in [5, 5.41) is 0. The summed E-state index contributed by atoms with van der Waals surface area (Å²) in [7, 11) is 1.51. The molecule has 0 aliphatic rings. The minimum absolute atomic E-state index is 0.332. The molecule has 0 bridgehead atoms. The predicted octanol–water partition coefficient (Wildman–Crippen LogP) is 2.53. The van der Waals surface area contributed by atoms with Crippen LogP contribution in [0.2, 0.25) is 0 Å². The Bertz CT molecular complexity index is 487. The van der Waals surface area contributed by atoms with Crippen LogP contribution < -0.4 is 10.5 Å². The summed E-state index contributed by atoms with van der Waals surface area (Å²) in [6.07, 6.45) is 2.35. The van der Waals surface area contributed by atoms with Gasteiger partial charge in [-0.25, -0.2) is 4.39 Å². The van der Waals surface area contributed by atoms with Crippen LogP contribution in [-0.4, -0.2) is 12.1 Å². The average molecular weight is 252 g/mol. The summed E-state index contributed by atoms with van der Waals surface area (Å²) in [5.41, 5.74) is 8.22. The maximum absolute atomic E-state index is 13.7. The van der Waals surface area contributed by atoms with Gasteiger partial charge in [0.2, 0.25) is 0 Å². The predicted molar refractivity (Wildman–Crippen MR) is 65.7 cm³/mol. The van der Waals surface area contributed by atoms with Gasteiger partial charge in [0.15, 0.2) is 0 Å². The second-order valence-corrected chi connectivity index (χ2v) is 4.64. The van der Waals surface area contributed by atoms with Crippen molar-refractivity contribution in [2.75, 3.05) is 7.11 Å². The number of rotatable bonds is 4. The van der Waals surface area contributed by atoms with Crippen molar-refractivity contribution in [2.24, 2.45) is 5.73 Å². The third-order valence-corrected chi connectivity index (χ3v) is 3.31. The quantitative estimate of drug-likeness (QED) is 0.909. The summed E-state index contributed by atoms with van der Waals surface area (Å²) in [5.74, 6) is 0.164. The van der Waals surface area contributed by atoms with Crippen LogP contribution >= 0.6 is 11.3 Å². The summed E-state index contributed by atoms with van der Waals surface area (Å²) in [6, 6.07) is 4.37. The summed E-state index contributed by atoms with van der Waals surface area (Å²) < 4.78 is 18.7. The normalized spacial score (nSPS) is 12.4. The number of ether oxygens (including phenoxy) is 1. The highest BCUT2D eigenvalue weighted by molar-refractivity contribution is 7.09. The molecule has 3 nitrogen and oxygen atoms in total. The highest BCUT2D eigenvalue weighted by Crippen LogP contribution is 2.23. The van der Waals surface area contributed by atoms with E-state index in [-0.39, 0.29) is 11.9 Å². The van der Waals surface area contributed by atoms with Gasteiger partial charge in [0.1, 0.15) is 11.6 Å². The molecule has 17 heavy (non-hydrogen) atoms. The third kappa shape index (κ3) is 2.81.